The molecular weight excluding hydrogens is 312 g/mol. The van der Waals surface area contributed by atoms with Crippen LogP contribution in [0.4, 0.5) is 4.79 Å². The van der Waals surface area contributed by atoms with Gasteiger partial charge in [-0.2, -0.15) is 0 Å². The van der Waals surface area contributed by atoms with E-state index in [0.717, 1.165) is 16.3 Å². The average Bonchev–Trinajstić information content (AvgIpc) is 3.02. The molecule has 0 bridgehead atoms. The highest BCUT2D eigenvalue weighted by Gasteiger charge is 2.32. The summed E-state index contributed by atoms with van der Waals surface area (Å²) in [6.45, 7) is 1.20. The number of hydrogen-bond donors (Lipinski definition) is 1. The molecule has 0 aromatic heterocycles. The normalized spacial score (nSPS) is 18.3. The number of amides is 2. The Morgan fingerprint density at radius 1 is 1.22 bits per heavy atom. The molecular formula is C17H20N2O3S. The van der Waals surface area contributed by atoms with Gasteiger partial charge in [-0.05, 0) is 28.8 Å². The first-order valence-electron chi connectivity index (χ1n) is 7.63. The SMILES string of the molecule is CS(=O)(=O)C1CCN(C(=O)NCc2ccc3ccccc3c2)C1. The predicted octanol–water partition coefficient (Wildman–Crippen LogP) is 2.17. The largest absolute Gasteiger partial charge is 0.334 e. The summed E-state index contributed by atoms with van der Waals surface area (Å²) in [5, 5.41) is 4.74. The summed E-state index contributed by atoms with van der Waals surface area (Å²) < 4.78 is 23.1. The number of carbonyl (C=O) groups excluding carboxylic acids is 1. The maximum Gasteiger partial charge on any atom is 0.317 e. The molecule has 3 rings (SSSR count). The lowest BCUT2D eigenvalue weighted by molar-refractivity contribution is 0.208. The first-order valence-corrected chi connectivity index (χ1v) is 9.58. The Labute approximate surface area is 136 Å². The van der Waals surface area contributed by atoms with E-state index in [1.165, 1.54) is 6.26 Å². The number of likely N-dealkylation sites (tertiary alicyclic amines) is 1. The molecule has 122 valence electrons. The molecule has 1 atom stereocenters. The van der Waals surface area contributed by atoms with Crippen molar-refractivity contribution in [3.63, 3.8) is 0 Å². The molecule has 2 aromatic carbocycles. The van der Waals surface area contributed by atoms with Crippen LogP contribution in [0.3, 0.4) is 0 Å². The number of nitrogens with zero attached hydrogens (tertiary/aromatic N) is 1. The Morgan fingerprint density at radius 3 is 2.65 bits per heavy atom. The second-order valence-corrected chi connectivity index (χ2v) is 8.35. The molecule has 1 heterocycles. The lowest BCUT2D eigenvalue weighted by atomic mass is 10.1. The number of benzene rings is 2. The Balaban J connectivity index is 1.60. The topological polar surface area (TPSA) is 66.5 Å². The molecule has 0 aliphatic carbocycles. The van der Waals surface area contributed by atoms with Crippen molar-refractivity contribution in [1.29, 1.82) is 0 Å². The molecule has 2 amide bonds. The van der Waals surface area contributed by atoms with Crippen molar-refractivity contribution in [2.75, 3.05) is 19.3 Å². The van der Waals surface area contributed by atoms with Gasteiger partial charge in [0.2, 0.25) is 0 Å². The lowest BCUT2D eigenvalue weighted by Gasteiger charge is -2.17. The van der Waals surface area contributed by atoms with Gasteiger partial charge in [-0.3, -0.25) is 0 Å². The lowest BCUT2D eigenvalue weighted by Crippen LogP contribution is -2.39. The van der Waals surface area contributed by atoms with Crippen molar-refractivity contribution < 1.29 is 13.2 Å². The number of urea groups is 1. The molecule has 5 nitrogen and oxygen atoms in total. The van der Waals surface area contributed by atoms with E-state index in [2.05, 4.69) is 11.4 Å². The fourth-order valence-corrected chi connectivity index (χ4v) is 3.88. The fraction of sp³-hybridized carbons (Fsp3) is 0.353. The van der Waals surface area contributed by atoms with Crippen molar-refractivity contribution in [3.8, 4) is 0 Å². The average molecular weight is 332 g/mol. The first kappa shape index (κ1) is 15.8. The van der Waals surface area contributed by atoms with Gasteiger partial charge < -0.3 is 10.2 Å². The van der Waals surface area contributed by atoms with Gasteiger partial charge in [-0.25, -0.2) is 13.2 Å². The van der Waals surface area contributed by atoms with Crippen LogP contribution in [0.1, 0.15) is 12.0 Å². The van der Waals surface area contributed by atoms with Crippen LogP contribution in [0.25, 0.3) is 10.8 Å². The maximum atomic E-state index is 12.2. The molecule has 1 aliphatic rings. The third-order valence-corrected chi connectivity index (χ3v) is 5.89. The van der Waals surface area contributed by atoms with E-state index in [0.29, 0.717) is 19.5 Å². The molecule has 0 spiro atoms. The zero-order valence-electron chi connectivity index (χ0n) is 13.0. The summed E-state index contributed by atoms with van der Waals surface area (Å²) in [5.74, 6) is 0. The van der Waals surface area contributed by atoms with Crippen molar-refractivity contribution in [2.24, 2.45) is 0 Å². The van der Waals surface area contributed by atoms with Gasteiger partial charge in [-0.1, -0.05) is 36.4 Å². The summed E-state index contributed by atoms with van der Waals surface area (Å²) in [7, 11) is -3.08. The summed E-state index contributed by atoms with van der Waals surface area (Å²) in [6, 6.07) is 13.9. The molecule has 2 aromatic rings. The molecule has 1 saturated heterocycles. The van der Waals surface area contributed by atoms with E-state index in [1.54, 1.807) is 4.90 Å². The van der Waals surface area contributed by atoms with Gasteiger partial charge >= 0.3 is 6.03 Å². The van der Waals surface area contributed by atoms with Gasteiger partial charge in [0.05, 0.1) is 5.25 Å². The zero-order valence-corrected chi connectivity index (χ0v) is 13.8. The summed E-state index contributed by atoms with van der Waals surface area (Å²) >= 11 is 0. The highest BCUT2D eigenvalue weighted by Crippen LogP contribution is 2.17. The van der Waals surface area contributed by atoms with E-state index in [1.807, 2.05) is 36.4 Å². The van der Waals surface area contributed by atoms with E-state index in [9.17, 15) is 13.2 Å². The standard InChI is InChI=1S/C17H20N2O3S/c1-23(21,22)16-8-9-19(12-16)17(20)18-11-13-6-7-14-4-2-3-5-15(14)10-13/h2-7,10,16H,8-9,11-12H2,1H3,(H,18,20). The van der Waals surface area contributed by atoms with Gasteiger partial charge in [0.25, 0.3) is 0 Å². The molecule has 1 aliphatic heterocycles. The minimum atomic E-state index is -3.08. The van der Waals surface area contributed by atoms with Gasteiger partial charge in [-0.15, -0.1) is 0 Å². The fourth-order valence-electron chi connectivity index (χ4n) is 2.90. The molecule has 0 saturated carbocycles. The number of nitrogens with one attached hydrogen (secondary N) is 1. The maximum absolute atomic E-state index is 12.2. The predicted molar refractivity (Wildman–Crippen MR) is 91.0 cm³/mol. The van der Waals surface area contributed by atoms with Crippen molar-refractivity contribution in [2.45, 2.75) is 18.2 Å². The molecule has 23 heavy (non-hydrogen) atoms. The highest BCUT2D eigenvalue weighted by atomic mass is 32.2. The van der Waals surface area contributed by atoms with Crippen LogP contribution in [0.5, 0.6) is 0 Å². The minimum Gasteiger partial charge on any atom is -0.334 e. The van der Waals surface area contributed by atoms with Crippen LogP contribution in [0, 0.1) is 0 Å². The van der Waals surface area contributed by atoms with Crippen LogP contribution in [0.2, 0.25) is 0 Å². The molecule has 1 N–H and O–H groups in total. The monoisotopic (exact) mass is 332 g/mol. The van der Waals surface area contributed by atoms with Crippen LogP contribution in [-0.2, 0) is 16.4 Å². The van der Waals surface area contributed by atoms with Crippen molar-refractivity contribution in [1.82, 2.24) is 10.2 Å². The second-order valence-electron chi connectivity index (χ2n) is 6.03. The Kier molecular flexibility index (Phi) is 4.26. The highest BCUT2D eigenvalue weighted by molar-refractivity contribution is 7.91. The second kappa shape index (κ2) is 6.20. The number of fused-ring (bicyclic) bond motifs is 1. The summed E-state index contributed by atoms with van der Waals surface area (Å²) in [6.07, 6.45) is 1.75. The molecule has 1 fully saturated rings. The quantitative estimate of drug-likeness (QED) is 0.937. The van der Waals surface area contributed by atoms with Gasteiger partial charge in [0.15, 0.2) is 9.84 Å². The minimum absolute atomic E-state index is 0.204. The third-order valence-electron chi connectivity index (χ3n) is 4.30. The Morgan fingerprint density at radius 2 is 1.96 bits per heavy atom. The van der Waals surface area contributed by atoms with Gasteiger partial charge in [0, 0.05) is 25.9 Å². The van der Waals surface area contributed by atoms with Crippen LogP contribution in [-0.4, -0.2) is 43.9 Å². The number of hydrogen-bond acceptors (Lipinski definition) is 3. The number of sulfone groups is 1. The smallest absolute Gasteiger partial charge is 0.317 e. The zero-order chi connectivity index (χ0) is 16.4. The Bertz CT molecular complexity index is 833. The third kappa shape index (κ3) is 3.64. The summed E-state index contributed by atoms with van der Waals surface area (Å²) in [4.78, 5) is 13.8. The van der Waals surface area contributed by atoms with E-state index in [-0.39, 0.29) is 12.6 Å². The Hall–Kier alpha value is -2.08. The molecule has 6 heteroatoms. The van der Waals surface area contributed by atoms with Crippen LogP contribution < -0.4 is 5.32 Å². The first-order chi connectivity index (χ1) is 10.9. The van der Waals surface area contributed by atoms with Crippen molar-refractivity contribution in [3.05, 3.63) is 48.0 Å². The van der Waals surface area contributed by atoms with Crippen LogP contribution in [0.15, 0.2) is 42.5 Å². The van der Waals surface area contributed by atoms with E-state index >= 15 is 0 Å². The van der Waals surface area contributed by atoms with E-state index in [4.69, 9.17) is 0 Å². The van der Waals surface area contributed by atoms with E-state index < -0.39 is 15.1 Å². The van der Waals surface area contributed by atoms with Crippen molar-refractivity contribution >= 4 is 26.6 Å². The van der Waals surface area contributed by atoms with Gasteiger partial charge in [0.1, 0.15) is 0 Å². The molecule has 1 unspecified atom stereocenters. The summed E-state index contributed by atoms with van der Waals surface area (Å²) in [5.41, 5.74) is 1.02. The van der Waals surface area contributed by atoms with Crippen LogP contribution >= 0.6 is 0 Å². The number of rotatable bonds is 3. The number of carbonyl (C=O) groups is 1. The molecule has 0 radical (unpaired) electrons.